The van der Waals surface area contributed by atoms with E-state index >= 15 is 0 Å². The van der Waals surface area contributed by atoms with Gasteiger partial charge in [0, 0.05) is 6.07 Å². The number of nitrogens with one attached hydrogen (secondary N) is 1. The fourth-order valence-electron chi connectivity index (χ4n) is 3.65. The number of benzene rings is 1. The van der Waals surface area contributed by atoms with Crippen LogP contribution in [0.3, 0.4) is 0 Å². The summed E-state index contributed by atoms with van der Waals surface area (Å²) in [6.45, 7) is 3.40. The van der Waals surface area contributed by atoms with E-state index in [2.05, 4.69) is 31.4 Å². The molecule has 1 aromatic carbocycles. The summed E-state index contributed by atoms with van der Waals surface area (Å²) in [7, 11) is 5.49. The lowest BCUT2D eigenvalue weighted by Crippen LogP contribution is -2.30. The Labute approximate surface area is 129 Å². The smallest absolute Gasteiger partial charge is 0.122 e. The molecule has 1 aliphatic carbocycles. The van der Waals surface area contributed by atoms with Crippen LogP contribution in [0.5, 0.6) is 11.5 Å². The Morgan fingerprint density at radius 3 is 2.29 bits per heavy atom. The van der Waals surface area contributed by atoms with Gasteiger partial charge in [-0.05, 0) is 61.9 Å². The maximum absolute atomic E-state index is 5.44. The molecule has 1 aliphatic rings. The van der Waals surface area contributed by atoms with Gasteiger partial charge in [0.05, 0.1) is 14.2 Å². The Hall–Kier alpha value is -1.22. The van der Waals surface area contributed by atoms with Crippen molar-refractivity contribution < 1.29 is 9.47 Å². The van der Waals surface area contributed by atoms with Crippen LogP contribution in [0, 0.1) is 11.8 Å². The molecular formula is C18H29NO2. The average molecular weight is 291 g/mol. The highest BCUT2D eigenvalue weighted by molar-refractivity contribution is 5.40. The fraction of sp³-hybridized carbons (Fsp3) is 0.667. The van der Waals surface area contributed by atoms with Gasteiger partial charge in [0.2, 0.25) is 0 Å². The van der Waals surface area contributed by atoms with Gasteiger partial charge in [-0.3, -0.25) is 0 Å². The summed E-state index contributed by atoms with van der Waals surface area (Å²) in [6, 6.07) is 6.33. The van der Waals surface area contributed by atoms with Gasteiger partial charge in [0.25, 0.3) is 0 Å². The summed E-state index contributed by atoms with van der Waals surface area (Å²) < 4.78 is 10.9. The summed E-state index contributed by atoms with van der Waals surface area (Å²) in [6.07, 6.45) is 5.23. The van der Waals surface area contributed by atoms with E-state index in [-0.39, 0.29) is 0 Å². The quantitative estimate of drug-likeness (QED) is 0.864. The summed E-state index contributed by atoms with van der Waals surface area (Å²) in [5.74, 6) is 3.94. The minimum Gasteiger partial charge on any atom is -0.497 e. The first-order chi connectivity index (χ1) is 10.2. The SMILES string of the molecule is CCC1CCC(CNC)C(c2cc(OC)cc(OC)c2)C1. The Bertz CT molecular complexity index is 425. The van der Waals surface area contributed by atoms with E-state index in [0.717, 1.165) is 24.0 Å². The number of rotatable bonds is 6. The van der Waals surface area contributed by atoms with Gasteiger partial charge in [-0.25, -0.2) is 0 Å². The second-order valence-electron chi connectivity index (χ2n) is 6.16. The van der Waals surface area contributed by atoms with Gasteiger partial charge >= 0.3 is 0 Å². The zero-order chi connectivity index (χ0) is 15.2. The van der Waals surface area contributed by atoms with Gasteiger partial charge < -0.3 is 14.8 Å². The van der Waals surface area contributed by atoms with Crippen molar-refractivity contribution in [3.63, 3.8) is 0 Å². The van der Waals surface area contributed by atoms with E-state index in [0.29, 0.717) is 11.8 Å². The standard InChI is InChI=1S/C18H29NO2/c1-5-13-6-7-14(12-19-2)18(8-13)15-9-16(20-3)11-17(10-15)21-4/h9-11,13-14,18-19H,5-8,12H2,1-4H3. The predicted octanol–water partition coefficient (Wildman–Crippen LogP) is 3.83. The van der Waals surface area contributed by atoms with Crippen molar-refractivity contribution in [2.75, 3.05) is 27.8 Å². The van der Waals surface area contributed by atoms with E-state index < -0.39 is 0 Å². The first kappa shape index (κ1) is 16.2. The Kier molecular flexibility index (Phi) is 5.92. The van der Waals surface area contributed by atoms with Crippen LogP contribution in [0.15, 0.2) is 18.2 Å². The van der Waals surface area contributed by atoms with Crippen LogP contribution in [0.4, 0.5) is 0 Å². The number of hydrogen-bond acceptors (Lipinski definition) is 3. The normalized spacial score (nSPS) is 25.6. The molecule has 1 aromatic rings. The second kappa shape index (κ2) is 7.69. The largest absolute Gasteiger partial charge is 0.497 e. The molecule has 1 fully saturated rings. The monoisotopic (exact) mass is 291 g/mol. The highest BCUT2D eigenvalue weighted by atomic mass is 16.5. The van der Waals surface area contributed by atoms with Gasteiger partial charge in [-0.1, -0.05) is 19.8 Å². The van der Waals surface area contributed by atoms with Crippen LogP contribution in [0.2, 0.25) is 0 Å². The van der Waals surface area contributed by atoms with Crippen molar-refractivity contribution in [2.45, 2.75) is 38.5 Å². The molecule has 21 heavy (non-hydrogen) atoms. The molecule has 0 saturated heterocycles. The van der Waals surface area contributed by atoms with Crippen LogP contribution in [0.1, 0.15) is 44.1 Å². The van der Waals surface area contributed by atoms with Crippen LogP contribution in [-0.2, 0) is 0 Å². The van der Waals surface area contributed by atoms with Crippen LogP contribution in [-0.4, -0.2) is 27.8 Å². The Morgan fingerprint density at radius 2 is 1.76 bits per heavy atom. The van der Waals surface area contributed by atoms with Crippen molar-refractivity contribution in [3.8, 4) is 11.5 Å². The summed E-state index contributed by atoms with van der Waals surface area (Å²) in [5.41, 5.74) is 1.37. The van der Waals surface area contributed by atoms with E-state index in [1.54, 1.807) is 14.2 Å². The second-order valence-corrected chi connectivity index (χ2v) is 6.16. The molecule has 3 atom stereocenters. The van der Waals surface area contributed by atoms with E-state index in [4.69, 9.17) is 9.47 Å². The van der Waals surface area contributed by atoms with Crippen molar-refractivity contribution in [2.24, 2.45) is 11.8 Å². The van der Waals surface area contributed by atoms with E-state index in [1.807, 2.05) is 6.07 Å². The Morgan fingerprint density at radius 1 is 1.10 bits per heavy atom. The molecule has 3 heteroatoms. The van der Waals surface area contributed by atoms with Gasteiger partial charge in [0.15, 0.2) is 0 Å². The molecule has 0 bridgehead atoms. The van der Waals surface area contributed by atoms with Crippen LogP contribution >= 0.6 is 0 Å². The highest BCUT2D eigenvalue weighted by Gasteiger charge is 2.31. The topological polar surface area (TPSA) is 30.5 Å². The molecule has 0 aromatic heterocycles. The molecule has 3 nitrogen and oxygen atoms in total. The molecule has 118 valence electrons. The molecule has 3 unspecified atom stereocenters. The lowest BCUT2D eigenvalue weighted by molar-refractivity contribution is 0.227. The van der Waals surface area contributed by atoms with Crippen molar-refractivity contribution in [1.29, 1.82) is 0 Å². The van der Waals surface area contributed by atoms with Gasteiger partial charge in [0.1, 0.15) is 11.5 Å². The molecular weight excluding hydrogens is 262 g/mol. The third kappa shape index (κ3) is 3.91. The predicted molar refractivity (Wildman–Crippen MR) is 87.3 cm³/mol. The lowest BCUT2D eigenvalue weighted by atomic mass is 9.70. The lowest BCUT2D eigenvalue weighted by Gasteiger charge is -2.36. The van der Waals surface area contributed by atoms with Crippen molar-refractivity contribution in [1.82, 2.24) is 5.32 Å². The minimum absolute atomic E-state index is 0.597. The Balaban J connectivity index is 2.29. The number of hydrogen-bond donors (Lipinski definition) is 1. The molecule has 2 rings (SSSR count). The highest BCUT2D eigenvalue weighted by Crippen LogP contribution is 2.43. The zero-order valence-corrected chi connectivity index (χ0v) is 13.8. The molecule has 0 spiro atoms. The van der Waals surface area contributed by atoms with Crippen LogP contribution in [0.25, 0.3) is 0 Å². The molecule has 0 aliphatic heterocycles. The summed E-state index contributed by atoms with van der Waals surface area (Å²) in [4.78, 5) is 0. The zero-order valence-electron chi connectivity index (χ0n) is 13.8. The van der Waals surface area contributed by atoms with Gasteiger partial charge in [-0.15, -0.1) is 0 Å². The summed E-state index contributed by atoms with van der Waals surface area (Å²) >= 11 is 0. The van der Waals surface area contributed by atoms with E-state index in [1.165, 1.54) is 31.2 Å². The minimum atomic E-state index is 0.597. The molecule has 1 saturated carbocycles. The maximum atomic E-state index is 5.44. The van der Waals surface area contributed by atoms with Crippen molar-refractivity contribution in [3.05, 3.63) is 23.8 Å². The fourth-order valence-corrected chi connectivity index (χ4v) is 3.65. The maximum Gasteiger partial charge on any atom is 0.122 e. The third-order valence-electron chi connectivity index (χ3n) is 4.95. The van der Waals surface area contributed by atoms with Crippen LogP contribution < -0.4 is 14.8 Å². The van der Waals surface area contributed by atoms with Crippen molar-refractivity contribution >= 4 is 0 Å². The third-order valence-corrected chi connectivity index (χ3v) is 4.95. The first-order valence-electron chi connectivity index (χ1n) is 8.09. The van der Waals surface area contributed by atoms with E-state index in [9.17, 15) is 0 Å². The molecule has 0 amide bonds. The first-order valence-corrected chi connectivity index (χ1v) is 8.09. The molecule has 1 N–H and O–H groups in total. The molecule has 0 heterocycles. The molecule has 0 radical (unpaired) electrons. The average Bonchev–Trinajstić information content (AvgIpc) is 2.54. The summed E-state index contributed by atoms with van der Waals surface area (Å²) in [5, 5.41) is 3.36. The number of methoxy groups -OCH3 is 2. The van der Waals surface area contributed by atoms with Gasteiger partial charge in [-0.2, -0.15) is 0 Å². The number of ether oxygens (including phenoxy) is 2.